The molecule has 1 heterocycles. The molecule has 146 valence electrons. The van der Waals surface area contributed by atoms with Gasteiger partial charge in [0.25, 0.3) is 0 Å². The molecule has 4 rings (SSSR count). The molecule has 4 nitrogen and oxygen atoms in total. The van der Waals surface area contributed by atoms with Crippen molar-refractivity contribution in [3.05, 3.63) is 71.8 Å². The highest BCUT2D eigenvalue weighted by molar-refractivity contribution is 7.90. The predicted octanol–water partition coefficient (Wildman–Crippen LogP) is 5.38. The molecule has 1 fully saturated rings. The van der Waals surface area contributed by atoms with Crippen LogP contribution in [0.25, 0.3) is 11.3 Å². The summed E-state index contributed by atoms with van der Waals surface area (Å²) in [5, 5.41) is 0. The quantitative estimate of drug-likeness (QED) is 0.582. The molecule has 2 aromatic carbocycles. The van der Waals surface area contributed by atoms with Crippen LogP contribution in [0.2, 0.25) is 0 Å². The topological polar surface area (TPSA) is 60.2 Å². The van der Waals surface area contributed by atoms with Crippen LogP contribution in [-0.2, 0) is 16.3 Å². The fourth-order valence-corrected chi connectivity index (χ4v) is 4.56. The Bertz CT molecular complexity index is 1030. The first kappa shape index (κ1) is 18.9. The molecule has 0 radical (unpaired) electrons. The third kappa shape index (κ3) is 4.20. The van der Waals surface area contributed by atoms with Gasteiger partial charge in [-0.15, -0.1) is 0 Å². The van der Waals surface area contributed by atoms with Crippen molar-refractivity contribution in [2.24, 2.45) is 0 Å². The van der Waals surface area contributed by atoms with Crippen LogP contribution in [-0.4, -0.2) is 19.7 Å². The molecule has 0 saturated heterocycles. The van der Waals surface area contributed by atoms with Gasteiger partial charge < -0.3 is 4.42 Å². The van der Waals surface area contributed by atoms with E-state index in [9.17, 15) is 8.42 Å². The highest BCUT2D eigenvalue weighted by Crippen LogP contribution is 2.39. The maximum atomic E-state index is 11.8. The SMILES string of the molecule is CS(=O)(=O)c1ccc(-c2nc(Cc3ccccc3)oc2C2CCCCC2)cc1. The van der Waals surface area contributed by atoms with E-state index >= 15 is 0 Å². The number of aromatic nitrogens is 1. The van der Waals surface area contributed by atoms with Gasteiger partial charge in [-0.1, -0.05) is 61.7 Å². The van der Waals surface area contributed by atoms with Gasteiger partial charge in [-0.3, -0.25) is 0 Å². The summed E-state index contributed by atoms with van der Waals surface area (Å²) in [6, 6.07) is 17.2. The zero-order chi connectivity index (χ0) is 19.6. The Kier molecular flexibility index (Phi) is 5.36. The van der Waals surface area contributed by atoms with E-state index in [1.54, 1.807) is 12.1 Å². The van der Waals surface area contributed by atoms with Crippen LogP contribution in [0.15, 0.2) is 63.9 Å². The molecule has 0 unspecified atom stereocenters. The fraction of sp³-hybridized carbons (Fsp3) is 0.348. The first-order chi connectivity index (χ1) is 13.5. The smallest absolute Gasteiger partial charge is 0.199 e. The molecule has 0 bridgehead atoms. The van der Waals surface area contributed by atoms with Gasteiger partial charge >= 0.3 is 0 Å². The third-order valence-corrected chi connectivity index (χ3v) is 6.56. The highest BCUT2D eigenvalue weighted by Gasteiger charge is 2.25. The second-order valence-corrected chi connectivity index (χ2v) is 9.63. The monoisotopic (exact) mass is 395 g/mol. The molecule has 28 heavy (non-hydrogen) atoms. The van der Waals surface area contributed by atoms with E-state index in [4.69, 9.17) is 9.40 Å². The summed E-state index contributed by atoms with van der Waals surface area (Å²) in [5.41, 5.74) is 2.94. The standard InChI is InChI=1S/C23H25NO3S/c1-28(25,26)20-14-12-18(13-15-20)22-23(19-10-6-3-7-11-19)27-21(24-22)16-17-8-4-2-5-9-17/h2,4-5,8-9,12-15,19H,3,6-7,10-11,16H2,1H3. The second-order valence-electron chi connectivity index (χ2n) is 7.61. The Morgan fingerprint density at radius 1 is 0.964 bits per heavy atom. The van der Waals surface area contributed by atoms with Crippen LogP contribution < -0.4 is 0 Å². The largest absolute Gasteiger partial charge is 0.444 e. The Balaban J connectivity index is 1.71. The number of rotatable bonds is 5. The zero-order valence-electron chi connectivity index (χ0n) is 16.1. The van der Waals surface area contributed by atoms with Gasteiger partial charge in [0.15, 0.2) is 15.7 Å². The highest BCUT2D eigenvalue weighted by atomic mass is 32.2. The first-order valence-electron chi connectivity index (χ1n) is 9.85. The Labute approximate surface area is 166 Å². The van der Waals surface area contributed by atoms with Crippen LogP contribution in [0.3, 0.4) is 0 Å². The number of hydrogen-bond donors (Lipinski definition) is 0. The minimum atomic E-state index is -3.21. The van der Waals surface area contributed by atoms with Crippen molar-refractivity contribution in [1.29, 1.82) is 0 Å². The van der Waals surface area contributed by atoms with Gasteiger partial charge in [0.1, 0.15) is 11.5 Å². The van der Waals surface area contributed by atoms with E-state index in [0.717, 1.165) is 35.4 Å². The summed E-state index contributed by atoms with van der Waals surface area (Å²) in [4.78, 5) is 5.15. The number of oxazole rings is 1. The average Bonchev–Trinajstić information content (AvgIpc) is 3.13. The van der Waals surface area contributed by atoms with E-state index in [1.165, 1.54) is 25.5 Å². The molecule has 0 amide bonds. The lowest BCUT2D eigenvalue weighted by atomic mass is 9.86. The van der Waals surface area contributed by atoms with Gasteiger partial charge in [-0.05, 0) is 30.5 Å². The Hall–Kier alpha value is -2.40. The summed E-state index contributed by atoms with van der Waals surface area (Å²) in [6.07, 6.45) is 7.83. The van der Waals surface area contributed by atoms with E-state index in [2.05, 4.69) is 12.1 Å². The maximum Gasteiger partial charge on any atom is 0.199 e. The van der Waals surface area contributed by atoms with Crippen molar-refractivity contribution in [1.82, 2.24) is 4.98 Å². The molecule has 1 aromatic heterocycles. The number of nitrogens with zero attached hydrogens (tertiary/aromatic N) is 1. The van der Waals surface area contributed by atoms with Crippen molar-refractivity contribution >= 4 is 9.84 Å². The molecule has 1 saturated carbocycles. The van der Waals surface area contributed by atoms with Crippen molar-refractivity contribution < 1.29 is 12.8 Å². The van der Waals surface area contributed by atoms with E-state index in [1.807, 2.05) is 30.3 Å². The van der Waals surface area contributed by atoms with Gasteiger partial charge in [0.05, 0.1) is 4.90 Å². The molecule has 0 spiro atoms. The summed E-state index contributed by atoms with van der Waals surface area (Å²) in [7, 11) is -3.21. The first-order valence-corrected chi connectivity index (χ1v) is 11.7. The molecule has 5 heteroatoms. The predicted molar refractivity (Wildman–Crippen MR) is 110 cm³/mol. The Morgan fingerprint density at radius 2 is 1.64 bits per heavy atom. The lowest BCUT2D eigenvalue weighted by molar-refractivity contribution is 0.363. The second kappa shape index (κ2) is 7.92. The van der Waals surface area contributed by atoms with Gasteiger partial charge in [0, 0.05) is 24.2 Å². The molecular formula is C23H25NO3S. The molecule has 0 aliphatic heterocycles. The number of benzene rings is 2. The molecule has 1 aliphatic rings. The van der Waals surface area contributed by atoms with Crippen LogP contribution >= 0.6 is 0 Å². The zero-order valence-corrected chi connectivity index (χ0v) is 16.9. The van der Waals surface area contributed by atoms with E-state index in [0.29, 0.717) is 23.1 Å². The molecular weight excluding hydrogens is 370 g/mol. The summed E-state index contributed by atoms with van der Waals surface area (Å²) in [5.74, 6) is 2.06. The van der Waals surface area contributed by atoms with Gasteiger partial charge in [-0.25, -0.2) is 13.4 Å². The van der Waals surface area contributed by atoms with Crippen LogP contribution in [0, 0.1) is 0 Å². The van der Waals surface area contributed by atoms with Crippen molar-refractivity contribution in [3.63, 3.8) is 0 Å². The maximum absolute atomic E-state index is 11.8. The minimum absolute atomic E-state index is 0.323. The number of hydrogen-bond acceptors (Lipinski definition) is 4. The van der Waals surface area contributed by atoms with Crippen molar-refractivity contribution in [2.75, 3.05) is 6.26 Å². The lowest BCUT2D eigenvalue weighted by Crippen LogP contribution is -2.05. The molecule has 0 N–H and O–H groups in total. The van der Waals surface area contributed by atoms with E-state index in [-0.39, 0.29) is 0 Å². The average molecular weight is 396 g/mol. The van der Waals surface area contributed by atoms with Crippen LogP contribution in [0.4, 0.5) is 0 Å². The summed E-state index contributed by atoms with van der Waals surface area (Å²) < 4.78 is 29.8. The molecule has 1 aliphatic carbocycles. The minimum Gasteiger partial charge on any atom is -0.444 e. The normalized spacial score (nSPS) is 15.6. The number of sulfone groups is 1. The van der Waals surface area contributed by atoms with Crippen LogP contribution in [0.1, 0.15) is 55.2 Å². The molecule has 3 aromatic rings. The van der Waals surface area contributed by atoms with Gasteiger partial charge in [-0.2, -0.15) is 0 Å². The summed E-state index contributed by atoms with van der Waals surface area (Å²) in [6.45, 7) is 0. The van der Waals surface area contributed by atoms with Crippen molar-refractivity contribution in [2.45, 2.75) is 49.3 Å². The molecule has 0 atom stereocenters. The van der Waals surface area contributed by atoms with E-state index < -0.39 is 9.84 Å². The third-order valence-electron chi connectivity index (χ3n) is 5.43. The fourth-order valence-electron chi connectivity index (χ4n) is 3.93. The summed E-state index contributed by atoms with van der Waals surface area (Å²) >= 11 is 0. The Morgan fingerprint density at radius 3 is 2.29 bits per heavy atom. The van der Waals surface area contributed by atoms with Crippen LogP contribution in [0.5, 0.6) is 0 Å². The lowest BCUT2D eigenvalue weighted by Gasteiger charge is -2.20. The van der Waals surface area contributed by atoms with Gasteiger partial charge in [0.2, 0.25) is 0 Å². The van der Waals surface area contributed by atoms with Crippen molar-refractivity contribution in [3.8, 4) is 11.3 Å².